The van der Waals surface area contributed by atoms with Crippen LogP contribution in [0.2, 0.25) is 0 Å². The molecule has 1 aliphatic carbocycles. The summed E-state index contributed by atoms with van der Waals surface area (Å²) in [5.41, 5.74) is 1.23. The molecule has 0 aromatic heterocycles. The zero-order valence-electron chi connectivity index (χ0n) is 6.46. The van der Waals surface area contributed by atoms with E-state index in [-0.39, 0.29) is 0 Å². The van der Waals surface area contributed by atoms with E-state index >= 15 is 0 Å². The number of fused-ring (bicyclic) bond motifs is 1. The van der Waals surface area contributed by atoms with Crippen LogP contribution in [0.5, 0.6) is 0 Å². The maximum absolute atomic E-state index is 5.24. The molecule has 2 rings (SSSR count). The summed E-state index contributed by atoms with van der Waals surface area (Å²) in [4.78, 5) is 0. The zero-order valence-corrected chi connectivity index (χ0v) is 6.46. The normalized spacial score (nSPS) is 21.7. The van der Waals surface area contributed by atoms with Gasteiger partial charge in [0, 0.05) is 0 Å². The smallest absolute Gasteiger partial charge is 0.231 e. The minimum atomic E-state index is 0.366. The summed E-state index contributed by atoms with van der Waals surface area (Å²) in [6, 6.07) is 0. The van der Waals surface area contributed by atoms with E-state index in [0.29, 0.717) is 6.79 Å². The SMILES string of the molecule is CC1=CCC=C2OCOC2=C1. The molecule has 2 aliphatic rings. The average Bonchev–Trinajstić information content (AvgIpc) is 2.31. The Morgan fingerprint density at radius 2 is 2.00 bits per heavy atom. The Balaban J connectivity index is 2.35. The van der Waals surface area contributed by atoms with Gasteiger partial charge in [-0.15, -0.1) is 0 Å². The molecular weight excluding hydrogens is 140 g/mol. The molecule has 11 heavy (non-hydrogen) atoms. The quantitative estimate of drug-likeness (QED) is 0.526. The second-order valence-corrected chi connectivity index (χ2v) is 2.67. The van der Waals surface area contributed by atoms with Gasteiger partial charge in [0.2, 0.25) is 6.79 Å². The van der Waals surface area contributed by atoms with Crippen molar-refractivity contribution >= 4 is 0 Å². The van der Waals surface area contributed by atoms with Crippen molar-refractivity contribution in [1.29, 1.82) is 0 Å². The molecule has 0 N–H and O–H groups in total. The zero-order chi connectivity index (χ0) is 7.68. The number of allylic oxidation sites excluding steroid dienone is 4. The molecule has 0 radical (unpaired) electrons. The topological polar surface area (TPSA) is 18.5 Å². The third-order valence-electron chi connectivity index (χ3n) is 1.77. The predicted molar refractivity (Wildman–Crippen MR) is 41.6 cm³/mol. The maximum atomic E-state index is 5.24. The van der Waals surface area contributed by atoms with Crippen molar-refractivity contribution in [2.45, 2.75) is 13.3 Å². The first kappa shape index (κ1) is 6.53. The summed E-state index contributed by atoms with van der Waals surface area (Å²) in [5, 5.41) is 0. The van der Waals surface area contributed by atoms with Crippen LogP contribution in [0.25, 0.3) is 0 Å². The van der Waals surface area contributed by atoms with E-state index in [1.807, 2.05) is 12.2 Å². The molecule has 0 saturated carbocycles. The van der Waals surface area contributed by atoms with Crippen LogP contribution >= 0.6 is 0 Å². The molecule has 0 unspecified atom stereocenters. The lowest BCUT2D eigenvalue weighted by Crippen LogP contribution is -1.80. The van der Waals surface area contributed by atoms with Crippen LogP contribution in [0.1, 0.15) is 13.3 Å². The van der Waals surface area contributed by atoms with Crippen molar-refractivity contribution in [2.24, 2.45) is 0 Å². The largest absolute Gasteiger partial charge is 0.454 e. The van der Waals surface area contributed by atoms with E-state index in [2.05, 4.69) is 13.0 Å². The molecule has 0 amide bonds. The van der Waals surface area contributed by atoms with Crippen molar-refractivity contribution in [2.75, 3.05) is 6.79 Å². The molecule has 1 fully saturated rings. The summed E-state index contributed by atoms with van der Waals surface area (Å²) >= 11 is 0. The third-order valence-corrected chi connectivity index (χ3v) is 1.77. The first-order valence-electron chi connectivity index (χ1n) is 3.71. The van der Waals surface area contributed by atoms with Crippen LogP contribution in [-0.2, 0) is 9.47 Å². The number of hydrogen-bond acceptors (Lipinski definition) is 2. The molecule has 2 nitrogen and oxygen atoms in total. The van der Waals surface area contributed by atoms with E-state index in [1.54, 1.807) is 0 Å². The minimum absolute atomic E-state index is 0.366. The van der Waals surface area contributed by atoms with Gasteiger partial charge < -0.3 is 9.47 Å². The molecule has 1 heterocycles. The Kier molecular flexibility index (Phi) is 1.46. The van der Waals surface area contributed by atoms with Crippen molar-refractivity contribution in [3.05, 3.63) is 35.3 Å². The maximum Gasteiger partial charge on any atom is 0.231 e. The Hall–Kier alpha value is -1.18. The predicted octanol–water partition coefficient (Wildman–Crippen LogP) is 2.11. The van der Waals surface area contributed by atoms with E-state index in [0.717, 1.165) is 17.9 Å². The first-order valence-corrected chi connectivity index (χ1v) is 3.71. The Morgan fingerprint density at radius 3 is 2.91 bits per heavy atom. The summed E-state index contributed by atoms with van der Waals surface area (Å²) in [6.45, 7) is 2.43. The Labute approximate surface area is 65.8 Å². The highest BCUT2D eigenvalue weighted by atomic mass is 16.7. The molecule has 1 saturated heterocycles. The molecular formula is C9H10O2. The van der Waals surface area contributed by atoms with Crippen molar-refractivity contribution in [3.8, 4) is 0 Å². The lowest BCUT2D eigenvalue weighted by atomic mass is 10.2. The summed E-state index contributed by atoms with van der Waals surface area (Å²) in [5.74, 6) is 1.76. The highest BCUT2D eigenvalue weighted by Gasteiger charge is 2.16. The fourth-order valence-electron chi connectivity index (χ4n) is 1.19. The summed E-state index contributed by atoms with van der Waals surface area (Å²) in [6.07, 6.45) is 7.12. The lowest BCUT2D eigenvalue weighted by molar-refractivity contribution is 0.0974. The van der Waals surface area contributed by atoms with Gasteiger partial charge in [-0.25, -0.2) is 0 Å². The van der Waals surface area contributed by atoms with Gasteiger partial charge in [-0.3, -0.25) is 0 Å². The van der Waals surface area contributed by atoms with Gasteiger partial charge in [0.1, 0.15) is 0 Å². The fourth-order valence-corrected chi connectivity index (χ4v) is 1.19. The highest BCUT2D eigenvalue weighted by Crippen LogP contribution is 2.25. The molecule has 0 bridgehead atoms. The second kappa shape index (κ2) is 2.46. The van der Waals surface area contributed by atoms with Gasteiger partial charge in [0.15, 0.2) is 11.5 Å². The Bertz CT molecular complexity index is 259. The summed E-state index contributed by atoms with van der Waals surface area (Å²) in [7, 11) is 0. The van der Waals surface area contributed by atoms with E-state index < -0.39 is 0 Å². The Morgan fingerprint density at radius 1 is 1.18 bits per heavy atom. The van der Waals surface area contributed by atoms with Crippen LogP contribution in [0.4, 0.5) is 0 Å². The van der Waals surface area contributed by atoms with Crippen molar-refractivity contribution < 1.29 is 9.47 Å². The third kappa shape index (κ3) is 1.16. The minimum Gasteiger partial charge on any atom is -0.454 e. The lowest BCUT2D eigenvalue weighted by Gasteiger charge is -1.92. The van der Waals surface area contributed by atoms with Crippen LogP contribution < -0.4 is 0 Å². The van der Waals surface area contributed by atoms with Gasteiger partial charge in [-0.2, -0.15) is 0 Å². The highest BCUT2D eigenvalue weighted by molar-refractivity contribution is 5.34. The van der Waals surface area contributed by atoms with Crippen molar-refractivity contribution in [1.82, 2.24) is 0 Å². The second-order valence-electron chi connectivity index (χ2n) is 2.67. The molecule has 0 aromatic rings. The molecule has 2 heteroatoms. The van der Waals surface area contributed by atoms with Gasteiger partial charge in [-0.05, 0) is 25.5 Å². The van der Waals surface area contributed by atoms with Crippen LogP contribution in [0.15, 0.2) is 35.3 Å². The van der Waals surface area contributed by atoms with Crippen LogP contribution in [-0.4, -0.2) is 6.79 Å². The van der Waals surface area contributed by atoms with Gasteiger partial charge >= 0.3 is 0 Å². The number of ether oxygens (including phenoxy) is 2. The number of rotatable bonds is 0. The molecule has 0 aromatic carbocycles. The standard InChI is InChI=1S/C9H10O2/c1-7-3-2-4-8-9(5-7)11-6-10-8/h3-5H,2,6H2,1H3. The fraction of sp³-hybridized carbons (Fsp3) is 0.333. The van der Waals surface area contributed by atoms with E-state index in [1.165, 1.54) is 5.57 Å². The molecule has 0 atom stereocenters. The average molecular weight is 150 g/mol. The monoisotopic (exact) mass is 150 g/mol. The van der Waals surface area contributed by atoms with Crippen LogP contribution in [0, 0.1) is 0 Å². The molecule has 0 spiro atoms. The first-order chi connectivity index (χ1) is 5.36. The van der Waals surface area contributed by atoms with E-state index in [4.69, 9.17) is 9.47 Å². The molecule has 58 valence electrons. The van der Waals surface area contributed by atoms with Gasteiger partial charge in [0.25, 0.3) is 0 Å². The van der Waals surface area contributed by atoms with E-state index in [9.17, 15) is 0 Å². The molecule has 1 aliphatic heterocycles. The van der Waals surface area contributed by atoms with Gasteiger partial charge in [0.05, 0.1) is 0 Å². The van der Waals surface area contributed by atoms with Crippen LogP contribution in [0.3, 0.4) is 0 Å². The van der Waals surface area contributed by atoms with Crippen molar-refractivity contribution in [3.63, 3.8) is 0 Å². The summed E-state index contributed by atoms with van der Waals surface area (Å²) < 4.78 is 10.5. The van der Waals surface area contributed by atoms with Gasteiger partial charge in [-0.1, -0.05) is 11.6 Å². The number of hydrogen-bond donors (Lipinski definition) is 0.